The fraction of sp³-hybridized carbons (Fsp3) is 0.174. The molecular formula is C23H19ClFNO2. The van der Waals surface area contributed by atoms with Crippen LogP contribution < -0.4 is 4.74 Å². The van der Waals surface area contributed by atoms with E-state index in [2.05, 4.69) is 12.1 Å². The second-order valence-corrected chi connectivity index (χ2v) is 7.17. The summed E-state index contributed by atoms with van der Waals surface area (Å²) in [5.74, 6) is 0.00241. The second-order valence-electron chi connectivity index (χ2n) is 6.74. The number of nitrogens with zero attached hydrogens (tertiary/aromatic N) is 1. The average molecular weight is 396 g/mol. The molecule has 1 atom stereocenters. The van der Waals surface area contributed by atoms with Gasteiger partial charge in [0.25, 0.3) is 5.91 Å². The standard InChI is InChI=1S/C23H19ClFNO2/c24-18-6-3-5-17(14-18)23-21-7-2-1-4-16(21)12-13-26(23)22(27)15-28-20-10-8-19(25)9-11-20/h1-11,14,23H,12-13,15H2. The Morgan fingerprint density at radius 1 is 1.07 bits per heavy atom. The van der Waals surface area contributed by atoms with Gasteiger partial charge in [0.1, 0.15) is 11.6 Å². The molecule has 1 aliphatic heterocycles. The van der Waals surface area contributed by atoms with Gasteiger partial charge < -0.3 is 9.64 Å². The Bertz CT molecular complexity index is 990. The van der Waals surface area contributed by atoms with Crippen LogP contribution in [0.3, 0.4) is 0 Å². The molecule has 1 aliphatic rings. The van der Waals surface area contributed by atoms with Crippen LogP contribution in [0, 0.1) is 5.82 Å². The van der Waals surface area contributed by atoms with Gasteiger partial charge in [-0.3, -0.25) is 4.79 Å². The summed E-state index contributed by atoms with van der Waals surface area (Å²) in [5.41, 5.74) is 3.30. The van der Waals surface area contributed by atoms with E-state index in [1.54, 1.807) is 0 Å². The topological polar surface area (TPSA) is 29.5 Å². The normalized spacial score (nSPS) is 15.8. The minimum Gasteiger partial charge on any atom is -0.484 e. The SMILES string of the molecule is O=C(COc1ccc(F)cc1)N1CCc2ccccc2C1c1cccc(Cl)c1. The van der Waals surface area contributed by atoms with Crippen LogP contribution >= 0.6 is 11.6 Å². The summed E-state index contributed by atoms with van der Waals surface area (Å²) >= 11 is 6.21. The van der Waals surface area contributed by atoms with Gasteiger partial charge in [0.05, 0.1) is 6.04 Å². The van der Waals surface area contributed by atoms with Gasteiger partial charge in [-0.25, -0.2) is 4.39 Å². The van der Waals surface area contributed by atoms with E-state index < -0.39 is 0 Å². The molecule has 1 amide bonds. The summed E-state index contributed by atoms with van der Waals surface area (Å²) in [5, 5.41) is 0.635. The molecule has 4 rings (SSSR count). The number of rotatable bonds is 4. The quantitative estimate of drug-likeness (QED) is 0.620. The Morgan fingerprint density at radius 3 is 2.64 bits per heavy atom. The average Bonchev–Trinajstić information content (AvgIpc) is 2.72. The Hall–Kier alpha value is -2.85. The number of hydrogen-bond acceptors (Lipinski definition) is 2. The molecule has 142 valence electrons. The number of carbonyl (C=O) groups is 1. The van der Waals surface area contributed by atoms with Crippen molar-refractivity contribution in [3.63, 3.8) is 0 Å². The monoisotopic (exact) mass is 395 g/mol. The van der Waals surface area contributed by atoms with Crippen molar-refractivity contribution < 1.29 is 13.9 Å². The van der Waals surface area contributed by atoms with Crippen LogP contribution in [0.15, 0.2) is 72.8 Å². The van der Waals surface area contributed by atoms with E-state index in [0.717, 1.165) is 17.5 Å². The number of halogens is 2. The molecule has 3 nitrogen and oxygen atoms in total. The van der Waals surface area contributed by atoms with Gasteiger partial charge >= 0.3 is 0 Å². The number of hydrogen-bond donors (Lipinski definition) is 0. The minimum atomic E-state index is -0.340. The van der Waals surface area contributed by atoms with Crippen LogP contribution in [0.4, 0.5) is 4.39 Å². The van der Waals surface area contributed by atoms with Crippen molar-refractivity contribution in [2.24, 2.45) is 0 Å². The van der Waals surface area contributed by atoms with Gasteiger partial charge in [-0.05, 0) is 59.5 Å². The van der Waals surface area contributed by atoms with Crippen LogP contribution in [0.25, 0.3) is 0 Å². The highest BCUT2D eigenvalue weighted by Gasteiger charge is 2.32. The fourth-order valence-electron chi connectivity index (χ4n) is 3.63. The van der Waals surface area contributed by atoms with Gasteiger partial charge in [-0.15, -0.1) is 0 Å². The lowest BCUT2D eigenvalue weighted by atomic mass is 9.88. The van der Waals surface area contributed by atoms with Crippen molar-refractivity contribution in [2.45, 2.75) is 12.5 Å². The predicted molar refractivity (Wildman–Crippen MR) is 107 cm³/mol. The van der Waals surface area contributed by atoms with Crippen LogP contribution in [0.1, 0.15) is 22.7 Å². The van der Waals surface area contributed by atoms with Crippen molar-refractivity contribution in [2.75, 3.05) is 13.2 Å². The molecule has 0 bridgehead atoms. The minimum absolute atomic E-state index is 0.106. The molecule has 5 heteroatoms. The third-order valence-electron chi connectivity index (χ3n) is 4.94. The molecule has 1 heterocycles. The van der Waals surface area contributed by atoms with E-state index in [0.29, 0.717) is 17.3 Å². The summed E-state index contributed by atoms with van der Waals surface area (Å²) in [6.45, 7) is 0.491. The number of ether oxygens (including phenoxy) is 1. The Balaban J connectivity index is 1.61. The molecule has 0 aliphatic carbocycles. The summed E-state index contributed by atoms with van der Waals surface area (Å²) in [7, 11) is 0. The van der Waals surface area contributed by atoms with Crippen LogP contribution in [0.2, 0.25) is 5.02 Å². The number of amides is 1. The molecule has 0 aromatic heterocycles. The zero-order chi connectivity index (χ0) is 19.5. The van der Waals surface area contributed by atoms with E-state index in [1.165, 1.54) is 29.8 Å². The lowest BCUT2D eigenvalue weighted by Gasteiger charge is -2.37. The maximum atomic E-state index is 13.0. The first-order valence-electron chi connectivity index (χ1n) is 9.13. The summed E-state index contributed by atoms with van der Waals surface area (Å²) in [4.78, 5) is 14.8. The molecule has 0 saturated carbocycles. The smallest absolute Gasteiger partial charge is 0.261 e. The van der Waals surface area contributed by atoms with Gasteiger partial charge in [0.2, 0.25) is 0 Å². The maximum Gasteiger partial charge on any atom is 0.261 e. The molecular weight excluding hydrogens is 377 g/mol. The van der Waals surface area contributed by atoms with Gasteiger partial charge in [-0.1, -0.05) is 48.0 Å². The highest BCUT2D eigenvalue weighted by molar-refractivity contribution is 6.30. The summed E-state index contributed by atoms with van der Waals surface area (Å²) in [6.07, 6.45) is 0.787. The van der Waals surface area contributed by atoms with Gasteiger partial charge in [-0.2, -0.15) is 0 Å². The highest BCUT2D eigenvalue weighted by Crippen LogP contribution is 2.36. The lowest BCUT2D eigenvalue weighted by Crippen LogP contribution is -2.42. The van der Waals surface area contributed by atoms with Crippen LogP contribution in [0.5, 0.6) is 5.75 Å². The molecule has 3 aromatic carbocycles. The zero-order valence-corrected chi connectivity index (χ0v) is 15.9. The zero-order valence-electron chi connectivity index (χ0n) is 15.1. The Morgan fingerprint density at radius 2 is 1.86 bits per heavy atom. The lowest BCUT2D eigenvalue weighted by molar-refractivity contribution is -0.135. The summed E-state index contributed by atoms with van der Waals surface area (Å²) in [6, 6.07) is 21.2. The Kier molecular flexibility index (Phi) is 5.31. The molecule has 28 heavy (non-hydrogen) atoms. The molecule has 0 spiro atoms. The van der Waals surface area contributed by atoms with Crippen molar-refractivity contribution in [3.05, 3.63) is 100 Å². The third-order valence-corrected chi connectivity index (χ3v) is 5.18. The highest BCUT2D eigenvalue weighted by atomic mass is 35.5. The van der Waals surface area contributed by atoms with Crippen molar-refractivity contribution in [3.8, 4) is 5.75 Å². The molecule has 1 unspecified atom stereocenters. The third kappa shape index (κ3) is 3.87. The van der Waals surface area contributed by atoms with Gasteiger partial charge in [0.15, 0.2) is 6.61 Å². The number of benzene rings is 3. The van der Waals surface area contributed by atoms with E-state index in [1.807, 2.05) is 41.3 Å². The first-order valence-corrected chi connectivity index (χ1v) is 9.51. The van der Waals surface area contributed by atoms with E-state index in [9.17, 15) is 9.18 Å². The number of carbonyl (C=O) groups excluding carboxylic acids is 1. The van der Waals surface area contributed by atoms with Crippen LogP contribution in [-0.2, 0) is 11.2 Å². The first kappa shape index (κ1) is 18.5. The van der Waals surface area contributed by atoms with Crippen LogP contribution in [-0.4, -0.2) is 24.0 Å². The maximum absolute atomic E-state index is 13.0. The largest absolute Gasteiger partial charge is 0.484 e. The Labute approximate surface area is 168 Å². The van der Waals surface area contributed by atoms with E-state index in [4.69, 9.17) is 16.3 Å². The first-order chi connectivity index (χ1) is 13.6. The van der Waals surface area contributed by atoms with E-state index >= 15 is 0 Å². The van der Waals surface area contributed by atoms with Gasteiger partial charge in [0, 0.05) is 11.6 Å². The van der Waals surface area contributed by atoms with Crippen molar-refractivity contribution in [1.82, 2.24) is 4.90 Å². The second kappa shape index (κ2) is 8.03. The molecule has 0 fully saturated rings. The molecule has 0 N–H and O–H groups in total. The molecule has 0 radical (unpaired) electrons. The van der Waals surface area contributed by atoms with Crippen molar-refractivity contribution in [1.29, 1.82) is 0 Å². The van der Waals surface area contributed by atoms with E-state index in [-0.39, 0.29) is 24.4 Å². The molecule has 3 aromatic rings. The number of fused-ring (bicyclic) bond motifs is 1. The predicted octanol–water partition coefficient (Wildman–Crippen LogP) is 5.03. The summed E-state index contributed by atoms with van der Waals surface area (Å²) < 4.78 is 18.6. The molecule has 0 saturated heterocycles. The fourth-order valence-corrected chi connectivity index (χ4v) is 3.83. The van der Waals surface area contributed by atoms with Crippen molar-refractivity contribution >= 4 is 17.5 Å².